The Morgan fingerprint density at radius 2 is 1.41 bits per heavy atom. The Labute approximate surface area is 131 Å². The van der Waals surface area contributed by atoms with Crippen LogP contribution in [-0.4, -0.2) is 11.7 Å². The molecule has 1 unspecified atom stereocenters. The highest BCUT2D eigenvalue weighted by atomic mass is 16.1. The van der Waals surface area contributed by atoms with Gasteiger partial charge in [0.1, 0.15) is 0 Å². The van der Waals surface area contributed by atoms with E-state index in [1.807, 2.05) is 62.4 Å². The van der Waals surface area contributed by atoms with Gasteiger partial charge in [-0.05, 0) is 19.4 Å². The molecule has 0 aromatic heterocycles. The summed E-state index contributed by atoms with van der Waals surface area (Å²) in [6, 6.07) is 15.1. The van der Waals surface area contributed by atoms with Crippen molar-refractivity contribution < 1.29 is 9.59 Å². The monoisotopic (exact) mass is 295 g/mol. The summed E-state index contributed by atoms with van der Waals surface area (Å²) >= 11 is 0. The minimum Gasteiger partial charge on any atom is -0.349 e. The molecule has 0 aliphatic rings. The van der Waals surface area contributed by atoms with E-state index in [0.29, 0.717) is 5.56 Å². The van der Waals surface area contributed by atoms with Crippen LogP contribution in [0.4, 0.5) is 0 Å². The Morgan fingerprint density at radius 1 is 0.909 bits per heavy atom. The maximum Gasteiger partial charge on any atom is 0.217 e. The zero-order chi connectivity index (χ0) is 16.1. The molecule has 0 radical (unpaired) electrons. The van der Waals surface area contributed by atoms with Crippen LogP contribution in [0.5, 0.6) is 0 Å². The van der Waals surface area contributed by atoms with E-state index in [1.165, 1.54) is 6.92 Å². The normalized spacial score (nSPS) is 11.8. The van der Waals surface area contributed by atoms with Gasteiger partial charge in [0.25, 0.3) is 0 Å². The molecule has 0 fully saturated rings. The first-order valence-corrected chi connectivity index (χ1v) is 7.39. The summed E-state index contributed by atoms with van der Waals surface area (Å²) in [5.74, 6) is -0.110. The lowest BCUT2D eigenvalue weighted by atomic mass is 9.97. The topological polar surface area (TPSA) is 46.2 Å². The van der Waals surface area contributed by atoms with Crippen LogP contribution in [0, 0.1) is 13.8 Å². The third kappa shape index (κ3) is 4.29. The molecule has 2 rings (SSSR count). The molecule has 3 nitrogen and oxygen atoms in total. The van der Waals surface area contributed by atoms with Crippen molar-refractivity contribution in [2.75, 3.05) is 0 Å². The van der Waals surface area contributed by atoms with Gasteiger partial charge in [0.05, 0.1) is 6.04 Å². The van der Waals surface area contributed by atoms with E-state index < -0.39 is 0 Å². The van der Waals surface area contributed by atoms with Gasteiger partial charge in [-0.25, -0.2) is 0 Å². The van der Waals surface area contributed by atoms with Crippen molar-refractivity contribution in [1.82, 2.24) is 5.32 Å². The summed E-state index contributed by atoms with van der Waals surface area (Å²) in [7, 11) is 0. The Kier molecular flexibility index (Phi) is 5.10. The largest absolute Gasteiger partial charge is 0.349 e. The van der Waals surface area contributed by atoms with Crippen LogP contribution in [0.15, 0.2) is 48.5 Å². The number of ketones is 1. The number of benzene rings is 2. The van der Waals surface area contributed by atoms with Crippen molar-refractivity contribution in [1.29, 1.82) is 0 Å². The standard InChI is InChI=1S/C19H21NO2/c1-13-4-8-16(9-5-13)18(20-15(3)21)12-19(22)17-10-6-14(2)7-11-17/h4-11,18H,12H2,1-3H3,(H,20,21). The van der Waals surface area contributed by atoms with Crippen molar-refractivity contribution in [3.63, 3.8) is 0 Å². The van der Waals surface area contributed by atoms with E-state index in [4.69, 9.17) is 0 Å². The lowest BCUT2D eigenvalue weighted by Gasteiger charge is -2.18. The molecule has 0 heterocycles. The van der Waals surface area contributed by atoms with E-state index in [0.717, 1.165) is 16.7 Å². The van der Waals surface area contributed by atoms with E-state index in [9.17, 15) is 9.59 Å². The molecule has 1 amide bonds. The third-order valence-electron chi connectivity index (χ3n) is 3.62. The maximum absolute atomic E-state index is 12.4. The van der Waals surface area contributed by atoms with Gasteiger partial charge in [-0.3, -0.25) is 9.59 Å². The molecule has 2 aromatic rings. The molecule has 2 aromatic carbocycles. The van der Waals surface area contributed by atoms with Crippen molar-refractivity contribution in [3.05, 3.63) is 70.8 Å². The van der Waals surface area contributed by atoms with Crippen LogP contribution in [0.1, 0.15) is 46.4 Å². The number of nitrogens with one attached hydrogen (secondary N) is 1. The van der Waals surface area contributed by atoms with Gasteiger partial charge in [-0.1, -0.05) is 59.7 Å². The predicted octanol–water partition coefficient (Wildman–Crippen LogP) is 3.75. The molecule has 3 heteroatoms. The van der Waals surface area contributed by atoms with Crippen molar-refractivity contribution in [2.45, 2.75) is 33.2 Å². The number of hydrogen-bond acceptors (Lipinski definition) is 2. The average Bonchev–Trinajstić information content (AvgIpc) is 2.47. The van der Waals surface area contributed by atoms with E-state index in [2.05, 4.69) is 5.32 Å². The SMILES string of the molecule is CC(=O)NC(CC(=O)c1ccc(C)cc1)c1ccc(C)cc1. The van der Waals surface area contributed by atoms with Gasteiger partial charge in [-0.15, -0.1) is 0 Å². The second kappa shape index (κ2) is 7.03. The van der Waals surface area contributed by atoms with Gasteiger partial charge in [0, 0.05) is 18.9 Å². The molecule has 0 bridgehead atoms. The number of amides is 1. The van der Waals surface area contributed by atoms with Crippen LogP contribution in [0.3, 0.4) is 0 Å². The molecule has 114 valence electrons. The second-order valence-electron chi connectivity index (χ2n) is 5.66. The van der Waals surface area contributed by atoms with Crippen LogP contribution < -0.4 is 5.32 Å². The molecule has 1 atom stereocenters. The van der Waals surface area contributed by atoms with E-state index in [1.54, 1.807) is 0 Å². The van der Waals surface area contributed by atoms with Crippen LogP contribution >= 0.6 is 0 Å². The predicted molar refractivity (Wildman–Crippen MR) is 87.9 cm³/mol. The van der Waals surface area contributed by atoms with Gasteiger partial charge in [0.2, 0.25) is 5.91 Å². The molecule has 0 saturated heterocycles. The first-order valence-electron chi connectivity index (χ1n) is 7.39. The molecular weight excluding hydrogens is 274 g/mol. The number of carbonyl (C=O) groups excluding carboxylic acids is 2. The summed E-state index contributed by atoms with van der Waals surface area (Å²) < 4.78 is 0. The van der Waals surface area contributed by atoms with Crippen molar-refractivity contribution >= 4 is 11.7 Å². The lowest BCUT2D eigenvalue weighted by Crippen LogP contribution is -2.28. The Bertz CT molecular complexity index is 657. The Balaban J connectivity index is 2.19. The number of hydrogen-bond donors (Lipinski definition) is 1. The maximum atomic E-state index is 12.4. The fourth-order valence-corrected chi connectivity index (χ4v) is 2.34. The summed E-state index contributed by atoms with van der Waals surface area (Å²) in [4.78, 5) is 23.9. The van der Waals surface area contributed by atoms with Crippen LogP contribution in [-0.2, 0) is 4.79 Å². The molecule has 22 heavy (non-hydrogen) atoms. The molecule has 0 aliphatic carbocycles. The zero-order valence-corrected chi connectivity index (χ0v) is 13.2. The van der Waals surface area contributed by atoms with Crippen molar-refractivity contribution in [3.8, 4) is 0 Å². The summed E-state index contributed by atoms with van der Waals surface area (Å²) in [6.45, 7) is 5.47. The van der Waals surface area contributed by atoms with E-state index >= 15 is 0 Å². The first kappa shape index (κ1) is 16.0. The van der Waals surface area contributed by atoms with Gasteiger partial charge in [0.15, 0.2) is 5.78 Å². The highest BCUT2D eigenvalue weighted by Gasteiger charge is 2.18. The Morgan fingerprint density at radius 3 is 1.91 bits per heavy atom. The van der Waals surface area contributed by atoms with Gasteiger partial charge in [-0.2, -0.15) is 0 Å². The minimum absolute atomic E-state index is 0.0272. The highest BCUT2D eigenvalue weighted by molar-refractivity contribution is 5.96. The molecular formula is C19H21NO2. The molecule has 0 saturated carbocycles. The second-order valence-corrected chi connectivity index (χ2v) is 5.66. The van der Waals surface area contributed by atoms with Crippen LogP contribution in [0.25, 0.3) is 0 Å². The summed E-state index contributed by atoms with van der Waals surface area (Å²) in [6.07, 6.45) is 0.256. The van der Waals surface area contributed by atoms with Crippen molar-refractivity contribution in [2.24, 2.45) is 0 Å². The average molecular weight is 295 g/mol. The first-order chi connectivity index (χ1) is 10.5. The molecule has 1 N–H and O–H groups in total. The quantitative estimate of drug-likeness (QED) is 0.854. The number of rotatable bonds is 5. The Hall–Kier alpha value is -2.42. The zero-order valence-electron chi connectivity index (χ0n) is 13.2. The fraction of sp³-hybridized carbons (Fsp3) is 0.263. The third-order valence-corrected chi connectivity index (χ3v) is 3.62. The molecule has 0 spiro atoms. The van der Waals surface area contributed by atoms with Crippen LogP contribution in [0.2, 0.25) is 0 Å². The summed E-state index contributed by atoms with van der Waals surface area (Å²) in [5.41, 5.74) is 3.89. The van der Waals surface area contributed by atoms with E-state index in [-0.39, 0.29) is 24.2 Å². The summed E-state index contributed by atoms with van der Waals surface area (Å²) in [5, 5.41) is 2.87. The minimum atomic E-state index is -0.299. The smallest absolute Gasteiger partial charge is 0.217 e. The highest BCUT2D eigenvalue weighted by Crippen LogP contribution is 2.20. The number of carbonyl (C=O) groups is 2. The van der Waals surface area contributed by atoms with Gasteiger partial charge >= 0.3 is 0 Å². The number of Topliss-reactive ketones (excluding diaryl/α,β-unsaturated/α-hetero) is 1. The van der Waals surface area contributed by atoms with Gasteiger partial charge < -0.3 is 5.32 Å². The number of aryl methyl sites for hydroxylation is 2. The lowest BCUT2D eigenvalue weighted by molar-refractivity contribution is -0.119. The fourth-order valence-electron chi connectivity index (χ4n) is 2.34. The molecule has 0 aliphatic heterocycles.